The highest BCUT2D eigenvalue weighted by atomic mass is 28.2. The van der Waals surface area contributed by atoms with Gasteiger partial charge in [0.15, 0.2) is 0 Å². The standard InChI is InChI=1S/C12H20OSi/c1-3-7-12(13-14)11-9-6-5-8-10(11)4-2/h5-6,8-9,12H,3-4,7H2,1-2,14H3. The molecular formula is C12H20OSi. The Bertz CT molecular complexity index is 273. The van der Waals surface area contributed by atoms with E-state index >= 15 is 0 Å². The maximum Gasteiger partial charge on any atom is 0.146 e. The average Bonchev–Trinajstić information content (AvgIpc) is 2.26. The Morgan fingerprint density at radius 3 is 2.57 bits per heavy atom. The van der Waals surface area contributed by atoms with Crippen molar-refractivity contribution in [1.29, 1.82) is 0 Å². The molecule has 78 valence electrons. The highest BCUT2D eigenvalue weighted by Gasteiger charge is 2.11. The molecule has 0 saturated heterocycles. The maximum atomic E-state index is 5.66. The Balaban J connectivity index is 2.90. The molecule has 0 heterocycles. The zero-order valence-corrected chi connectivity index (χ0v) is 11.4. The van der Waals surface area contributed by atoms with E-state index in [4.69, 9.17) is 4.43 Å². The topological polar surface area (TPSA) is 9.23 Å². The van der Waals surface area contributed by atoms with Gasteiger partial charge in [-0.1, -0.05) is 44.5 Å². The van der Waals surface area contributed by atoms with Crippen molar-refractivity contribution in [2.45, 2.75) is 39.2 Å². The van der Waals surface area contributed by atoms with Crippen molar-refractivity contribution in [3.8, 4) is 0 Å². The van der Waals surface area contributed by atoms with Crippen LogP contribution in [0.5, 0.6) is 0 Å². The molecular weight excluding hydrogens is 188 g/mol. The number of aryl methyl sites for hydroxylation is 1. The Morgan fingerprint density at radius 2 is 2.00 bits per heavy atom. The minimum absolute atomic E-state index is 0.336. The van der Waals surface area contributed by atoms with Gasteiger partial charge in [-0.05, 0) is 24.0 Å². The first-order valence-electron chi connectivity index (χ1n) is 5.44. The largest absolute Gasteiger partial charge is 0.421 e. The second kappa shape index (κ2) is 5.99. The molecule has 1 unspecified atom stereocenters. The van der Waals surface area contributed by atoms with Crippen molar-refractivity contribution in [2.75, 3.05) is 0 Å². The molecule has 1 aromatic carbocycles. The molecule has 0 bridgehead atoms. The average molecular weight is 208 g/mol. The van der Waals surface area contributed by atoms with Crippen LogP contribution in [0.4, 0.5) is 0 Å². The normalized spacial score (nSPS) is 13.0. The summed E-state index contributed by atoms with van der Waals surface area (Å²) in [6.45, 7) is 4.41. The summed E-state index contributed by atoms with van der Waals surface area (Å²) >= 11 is 0. The first-order valence-corrected chi connectivity index (χ1v) is 6.25. The van der Waals surface area contributed by atoms with Crippen molar-refractivity contribution in [3.05, 3.63) is 35.4 Å². The van der Waals surface area contributed by atoms with E-state index in [0.29, 0.717) is 6.10 Å². The number of hydrogen-bond donors (Lipinski definition) is 0. The quantitative estimate of drug-likeness (QED) is 0.675. The van der Waals surface area contributed by atoms with Crippen LogP contribution in [0.3, 0.4) is 0 Å². The highest BCUT2D eigenvalue weighted by molar-refractivity contribution is 5.98. The zero-order chi connectivity index (χ0) is 10.4. The first-order chi connectivity index (χ1) is 6.83. The van der Waals surface area contributed by atoms with Crippen LogP contribution in [0.25, 0.3) is 0 Å². The van der Waals surface area contributed by atoms with Gasteiger partial charge < -0.3 is 4.43 Å². The van der Waals surface area contributed by atoms with Gasteiger partial charge in [0.25, 0.3) is 0 Å². The summed E-state index contributed by atoms with van der Waals surface area (Å²) in [4.78, 5) is 0. The van der Waals surface area contributed by atoms with Gasteiger partial charge in [0, 0.05) is 0 Å². The van der Waals surface area contributed by atoms with Crippen LogP contribution in [-0.2, 0) is 10.8 Å². The van der Waals surface area contributed by atoms with E-state index in [9.17, 15) is 0 Å². The third-order valence-corrected chi connectivity index (χ3v) is 3.19. The molecule has 0 fully saturated rings. The van der Waals surface area contributed by atoms with Gasteiger partial charge >= 0.3 is 0 Å². The SMILES string of the molecule is CCCC(O[SiH3])c1ccccc1CC. The van der Waals surface area contributed by atoms with Crippen molar-refractivity contribution >= 4 is 10.5 Å². The van der Waals surface area contributed by atoms with E-state index < -0.39 is 0 Å². The van der Waals surface area contributed by atoms with E-state index in [0.717, 1.165) is 23.3 Å². The monoisotopic (exact) mass is 208 g/mol. The summed E-state index contributed by atoms with van der Waals surface area (Å²) in [7, 11) is 0.822. The van der Waals surface area contributed by atoms with Crippen molar-refractivity contribution < 1.29 is 4.43 Å². The molecule has 1 nitrogen and oxygen atoms in total. The minimum atomic E-state index is 0.336. The van der Waals surface area contributed by atoms with Crippen LogP contribution in [0.1, 0.15) is 43.9 Å². The fourth-order valence-electron chi connectivity index (χ4n) is 1.83. The van der Waals surface area contributed by atoms with E-state index in [-0.39, 0.29) is 0 Å². The Labute approximate surface area is 90.0 Å². The molecule has 1 rings (SSSR count). The van der Waals surface area contributed by atoms with E-state index in [1.165, 1.54) is 17.5 Å². The van der Waals surface area contributed by atoms with Crippen molar-refractivity contribution in [1.82, 2.24) is 0 Å². The number of hydrogen-bond acceptors (Lipinski definition) is 1. The van der Waals surface area contributed by atoms with Crippen LogP contribution in [0, 0.1) is 0 Å². The van der Waals surface area contributed by atoms with Gasteiger partial charge in [0.1, 0.15) is 10.5 Å². The summed E-state index contributed by atoms with van der Waals surface area (Å²) in [5.41, 5.74) is 2.83. The molecule has 1 aromatic rings. The summed E-state index contributed by atoms with van der Waals surface area (Å²) in [6, 6.07) is 8.63. The zero-order valence-electron chi connectivity index (χ0n) is 9.42. The number of benzene rings is 1. The van der Waals surface area contributed by atoms with Crippen molar-refractivity contribution in [2.24, 2.45) is 0 Å². The van der Waals surface area contributed by atoms with E-state index in [1.807, 2.05) is 0 Å². The molecule has 0 saturated carbocycles. The predicted octanol–water partition coefficient (Wildman–Crippen LogP) is 2.39. The smallest absolute Gasteiger partial charge is 0.146 e. The fourth-order valence-corrected chi connectivity index (χ4v) is 2.32. The Kier molecular flexibility index (Phi) is 4.91. The summed E-state index contributed by atoms with van der Waals surface area (Å²) in [5, 5.41) is 0. The van der Waals surface area contributed by atoms with Crippen LogP contribution >= 0.6 is 0 Å². The van der Waals surface area contributed by atoms with Crippen LogP contribution < -0.4 is 0 Å². The molecule has 0 aliphatic rings. The molecule has 2 heteroatoms. The lowest BCUT2D eigenvalue weighted by molar-refractivity contribution is 0.212. The van der Waals surface area contributed by atoms with Crippen LogP contribution in [0.2, 0.25) is 0 Å². The van der Waals surface area contributed by atoms with Gasteiger partial charge in [0.05, 0.1) is 6.10 Å². The molecule has 0 spiro atoms. The number of rotatable bonds is 5. The summed E-state index contributed by atoms with van der Waals surface area (Å²) < 4.78 is 5.66. The van der Waals surface area contributed by atoms with Crippen molar-refractivity contribution in [3.63, 3.8) is 0 Å². The second-order valence-corrected chi connectivity index (χ2v) is 4.04. The van der Waals surface area contributed by atoms with E-state index in [1.54, 1.807) is 0 Å². The molecule has 14 heavy (non-hydrogen) atoms. The van der Waals surface area contributed by atoms with E-state index in [2.05, 4.69) is 38.1 Å². The lowest BCUT2D eigenvalue weighted by atomic mass is 9.98. The van der Waals surface area contributed by atoms with Gasteiger partial charge in [0.2, 0.25) is 0 Å². The Morgan fingerprint density at radius 1 is 1.29 bits per heavy atom. The molecule has 0 N–H and O–H groups in total. The van der Waals surface area contributed by atoms with Gasteiger partial charge in [-0.3, -0.25) is 0 Å². The first kappa shape index (κ1) is 11.5. The molecule has 0 radical (unpaired) electrons. The molecule has 1 atom stereocenters. The third-order valence-electron chi connectivity index (χ3n) is 2.62. The predicted molar refractivity (Wildman–Crippen MR) is 64.5 cm³/mol. The van der Waals surface area contributed by atoms with Gasteiger partial charge in [-0.2, -0.15) is 0 Å². The molecule has 0 aliphatic carbocycles. The van der Waals surface area contributed by atoms with Crippen LogP contribution in [0.15, 0.2) is 24.3 Å². The van der Waals surface area contributed by atoms with Gasteiger partial charge in [-0.15, -0.1) is 0 Å². The highest BCUT2D eigenvalue weighted by Crippen LogP contribution is 2.25. The second-order valence-electron chi connectivity index (χ2n) is 3.57. The molecule has 0 amide bonds. The van der Waals surface area contributed by atoms with Crippen LogP contribution in [-0.4, -0.2) is 10.5 Å². The molecule has 0 aromatic heterocycles. The fraction of sp³-hybridized carbons (Fsp3) is 0.500. The maximum absolute atomic E-state index is 5.66. The lowest BCUT2D eigenvalue weighted by Gasteiger charge is -2.18. The summed E-state index contributed by atoms with van der Waals surface area (Å²) in [6.07, 6.45) is 3.76. The lowest BCUT2D eigenvalue weighted by Crippen LogP contribution is -2.05. The third kappa shape index (κ3) is 2.69. The summed E-state index contributed by atoms with van der Waals surface area (Å²) in [5.74, 6) is 0. The minimum Gasteiger partial charge on any atom is -0.421 e. The Hall–Kier alpha value is -0.603. The van der Waals surface area contributed by atoms with Gasteiger partial charge in [-0.25, -0.2) is 0 Å². The molecule has 0 aliphatic heterocycles.